The van der Waals surface area contributed by atoms with Crippen molar-refractivity contribution in [3.05, 3.63) is 170 Å². The van der Waals surface area contributed by atoms with Crippen molar-refractivity contribution < 1.29 is 18.9 Å². The van der Waals surface area contributed by atoms with Crippen LogP contribution in [0.25, 0.3) is 77.2 Å². The predicted molar refractivity (Wildman–Crippen MR) is 214 cm³/mol. The van der Waals surface area contributed by atoms with Gasteiger partial charge in [0.15, 0.2) is 13.6 Å². The van der Waals surface area contributed by atoms with E-state index in [-0.39, 0.29) is 13.6 Å². The van der Waals surface area contributed by atoms with E-state index in [2.05, 4.69) is 158 Å². The van der Waals surface area contributed by atoms with Crippen molar-refractivity contribution in [2.24, 2.45) is 0 Å². The van der Waals surface area contributed by atoms with Gasteiger partial charge in [-0.15, -0.1) is 0 Å². The number of hydrogen-bond acceptors (Lipinski definition) is 4. The fraction of sp³-hybridized carbons (Fsp3) is 0.0833. The van der Waals surface area contributed by atoms with Crippen LogP contribution >= 0.6 is 0 Å². The van der Waals surface area contributed by atoms with Crippen LogP contribution in [-0.2, 0) is 9.47 Å². The molecule has 0 saturated carbocycles. The van der Waals surface area contributed by atoms with Crippen LogP contribution in [0.1, 0.15) is 0 Å². The normalized spacial score (nSPS) is 11.2. The molecule has 0 fully saturated rings. The molecule has 8 aromatic rings. The molecular weight excluding hydrogens is 641 g/mol. The van der Waals surface area contributed by atoms with Crippen molar-refractivity contribution >= 4 is 21.5 Å². The largest absolute Gasteiger partial charge is 0.466 e. The van der Waals surface area contributed by atoms with Crippen LogP contribution < -0.4 is 9.47 Å². The number of fused-ring (bicyclic) bond motifs is 2. The van der Waals surface area contributed by atoms with Crippen molar-refractivity contribution in [3.63, 3.8) is 0 Å². The van der Waals surface area contributed by atoms with Crippen molar-refractivity contribution in [2.45, 2.75) is 0 Å². The molecule has 254 valence electrons. The maximum absolute atomic E-state index is 6.66. The van der Waals surface area contributed by atoms with Crippen LogP contribution in [0.3, 0.4) is 0 Å². The van der Waals surface area contributed by atoms with E-state index in [9.17, 15) is 0 Å². The van der Waals surface area contributed by atoms with Gasteiger partial charge in [0.05, 0.1) is 0 Å². The molecule has 0 radical (unpaired) electrons. The summed E-state index contributed by atoms with van der Waals surface area (Å²) in [4.78, 5) is 0. The van der Waals surface area contributed by atoms with Crippen molar-refractivity contribution in [3.8, 4) is 67.1 Å². The van der Waals surface area contributed by atoms with Crippen LogP contribution in [0.2, 0.25) is 0 Å². The molecule has 52 heavy (non-hydrogen) atoms. The van der Waals surface area contributed by atoms with Gasteiger partial charge in [-0.05, 0) is 67.1 Å². The van der Waals surface area contributed by atoms with Gasteiger partial charge in [-0.2, -0.15) is 0 Å². The SMILES string of the molecule is COCOc1c(-c2ccc(-c3ccccc3)cc2)cc2ccccc2c1-c1c(OCOC)c(-c2ccc(-c3ccccc3)cc2)cc2ccccc12. The molecule has 0 aromatic heterocycles. The Balaban J connectivity index is 1.41. The van der Waals surface area contributed by atoms with E-state index in [4.69, 9.17) is 18.9 Å². The minimum absolute atomic E-state index is 0.0767. The molecule has 8 aromatic carbocycles. The van der Waals surface area contributed by atoms with Gasteiger partial charge in [0, 0.05) is 36.5 Å². The molecule has 0 unspecified atom stereocenters. The molecule has 0 aliphatic rings. The second-order valence-corrected chi connectivity index (χ2v) is 12.7. The van der Waals surface area contributed by atoms with Gasteiger partial charge in [-0.3, -0.25) is 0 Å². The molecule has 0 saturated heterocycles. The molecule has 8 rings (SSSR count). The summed E-state index contributed by atoms with van der Waals surface area (Å²) in [6.45, 7) is 0.153. The maximum Gasteiger partial charge on any atom is 0.188 e. The van der Waals surface area contributed by atoms with Crippen LogP contribution in [0.5, 0.6) is 11.5 Å². The summed E-state index contributed by atoms with van der Waals surface area (Å²) in [7, 11) is 3.30. The summed E-state index contributed by atoms with van der Waals surface area (Å²) >= 11 is 0. The molecular formula is C48H38O4. The summed E-state index contributed by atoms with van der Waals surface area (Å²) in [6, 6.07) is 59.6. The number of benzene rings is 8. The van der Waals surface area contributed by atoms with Gasteiger partial charge in [0.1, 0.15) is 11.5 Å². The van der Waals surface area contributed by atoms with E-state index in [1.807, 2.05) is 12.1 Å². The molecule has 0 heterocycles. The molecule has 0 spiro atoms. The highest BCUT2D eigenvalue weighted by atomic mass is 16.7. The average Bonchev–Trinajstić information content (AvgIpc) is 3.22. The van der Waals surface area contributed by atoms with E-state index >= 15 is 0 Å². The van der Waals surface area contributed by atoms with E-state index in [0.717, 1.165) is 77.6 Å². The van der Waals surface area contributed by atoms with E-state index < -0.39 is 0 Å². The monoisotopic (exact) mass is 678 g/mol. The van der Waals surface area contributed by atoms with Crippen LogP contribution in [0, 0.1) is 0 Å². The molecule has 0 N–H and O–H groups in total. The molecule has 0 aliphatic heterocycles. The Morgan fingerprint density at radius 1 is 0.346 bits per heavy atom. The molecule has 4 nitrogen and oxygen atoms in total. The van der Waals surface area contributed by atoms with Crippen LogP contribution in [0.4, 0.5) is 0 Å². The first-order valence-electron chi connectivity index (χ1n) is 17.4. The highest BCUT2D eigenvalue weighted by molar-refractivity contribution is 6.14. The van der Waals surface area contributed by atoms with Gasteiger partial charge >= 0.3 is 0 Å². The summed E-state index contributed by atoms with van der Waals surface area (Å²) in [5.41, 5.74) is 10.5. The lowest BCUT2D eigenvalue weighted by Crippen LogP contribution is -2.06. The second kappa shape index (κ2) is 15.0. The lowest BCUT2D eigenvalue weighted by molar-refractivity contribution is 0.0506. The van der Waals surface area contributed by atoms with Gasteiger partial charge in [-0.1, -0.05) is 158 Å². The quantitative estimate of drug-likeness (QED) is 0.128. The lowest BCUT2D eigenvalue weighted by atomic mass is 9.86. The highest BCUT2D eigenvalue weighted by Gasteiger charge is 2.26. The minimum atomic E-state index is 0.0767. The molecule has 4 heteroatoms. The average molecular weight is 679 g/mol. The Morgan fingerprint density at radius 2 is 0.673 bits per heavy atom. The number of methoxy groups -OCH3 is 2. The Kier molecular flexibility index (Phi) is 9.49. The molecule has 0 aliphatic carbocycles. The Labute approximate surface area is 304 Å². The Hall–Kier alpha value is -6.20. The van der Waals surface area contributed by atoms with Crippen molar-refractivity contribution in [2.75, 3.05) is 27.8 Å². The maximum atomic E-state index is 6.66. The Morgan fingerprint density at radius 3 is 1.06 bits per heavy atom. The van der Waals surface area contributed by atoms with Crippen LogP contribution in [-0.4, -0.2) is 27.8 Å². The predicted octanol–water partition coefficient (Wildman–Crippen LogP) is 12.3. The fourth-order valence-electron chi connectivity index (χ4n) is 7.06. The zero-order valence-corrected chi connectivity index (χ0v) is 29.2. The van der Waals surface area contributed by atoms with E-state index in [1.54, 1.807) is 14.2 Å². The van der Waals surface area contributed by atoms with E-state index in [1.165, 1.54) is 11.1 Å². The topological polar surface area (TPSA) is 36.9 Å². The summed E-state index contributed by atoms with van der Waals surface area (Å²) in [6.07, 6.45) is 0. The summed E-state index contributed by atoms with van der Waals surface area (Å²) in [5.74, 6) is 1.44. The zero-order chi connectivity index (χ0) is 35.3. The molecule has 0 amide bonds. The first-order valence-corrected chi connectivity index (χ1v) is 17.4. The summed E-state index contributed by atoms with van der Waals surface area (Å²) in [5, 5.41) is 4.26. The van der Waals surface area contributed by atoms with Crippen molar-refractivity contribution in [1.82, 2.24) is 0 Å². The first kappa shape index (κ1) is 33.0. The van der Waals surface area contributed by atoms with Gasteiger partial charge in [0.2, 0.25) is 0 Å². The summed E-state index contributed by atoms with van der Waals surface area (Å²) < 4.78 is 24.5. The third-order valence-electron chi connectivity index (χ3n) is 9.50. The molecule has 0 atom stereocenters. The van der Waals surface area contributed by atoms with E-state index in [0.29, 0.717) is 0 Å². The van der Waals surface area contributed by atoms with Gasteiger partial charge < -0.3 is 18.9 Å². The third kappa shape index (κ3) is 6.42. The zero-order valence-electron chi connectivity index (χ0n) is 29.2. The fourth-order valence-corrected chi connectivity index (χ4v) is 7.06. The second-order valence-electron chi connectivity index (χ2n) is 12.7. The number of rotatable bonds is 11. The van der Waals surface area contributed by atoms with Gasteiger partial charge in [0.25, 0.3) is 0 Å². The lowest BCUT2D eigenvalue weighted by Gasteiger charge is -2.24. The van der Waals surface area contributed by atoms with Crippen LogP contribution in [0.15, 0.2) is 170 Å². The number of ether oxygens (including phenoxy) is 4. The van der Waals surface area contributed by atoms with Gasteiger partial charge in [-0.25, -0.2) is 0 Å². The van der Waals surface area contributed by atoms with Crippen molar-refractivity contribution in [1.29, 1.82) is 0 Å². The smallest absolute Gasteiger partial charge is 0.188 e. The Bertz CT molecular complexity index is 2280. The first-order chi connectivity index (χ1) is 25.7. The standard InChI is InChI=1S/C48H38O4/c1-49-31-51-47-43(37-25-21-35(22-26-37)33-13-5-3-6-14-33)29-39-17-9-11-19-41(39)45(47)46-42-20-12-10-18-40(42)30-44(48(46)52-32-50-2)38-27-23-36(24-28-38)34-15-7-4-8-16-34/h3-30H,31-32H2,1-2H3. The third-order valence-corrected chi connectivity index (χ3v) is 9.50. The number of hydrogen-bond donors (Lipinski definition) is 0. The molecule has 0 bridgehead atoms. The highest BCUT2D eigenvalue weighted by Crippen LogP contribution is 2.52. The minimum Gasteiger partial charge on any atom is -0.466 e.